The lowest BCUT2D eigenvalue weighted by atomic mass is 10.2. The van der Waals surface area contributed by atoms with E-state index in [1.807, 2.05) is 37.4 Å². The Bertz CT molecular complexity index is 708. The number of nitrogens with zero attached hydrogens (tertiary/aromatic N) is 2. The number of carbonyl (C=O) groups is 1. The van der Waals surface area contributed by atoms with Crippen LogP contribution in [0.3, 0.4) is 0 Å². The predicted octanol–water partition coefficient (Wildman–Crippen LogP) is 1.73. The number of aromatic nitrogens is 1. The monoisotopic (exact) mass is 327 g/mol. The van der Waals surface area contributed by atoms with Crippen molar-refractivity contribution in [2.75, 3.05) is 25.1 Å². The van der Waals surface area contributed by atoms with E-state index in [4.69, 9.17) is 21.5 Å². The number of rotatable bonds is 5. The van der Waals surface area contributed by atoms with Crippen molar-refractivity contribution in [1.82, 2.24) is 10.3 Å². The molecule has 0 saturated carbocycles. The highest BCUT2D eigenvalue weighted by atomic mass is 16.5. The molecule has 2 rings (SSSR count). The first-order valence-electron chi connectivity index (χ1n) is 7.33. The van der Waals surface area contributed by atoms with Crippen molar-refractivity contribution in [3.63, 3.8) is 0 Å². The van der Waals surface area contributed by atoms with E-state index in [0.29, 0.717) is 12.9 Å². The molecule has 2 aromatic rings. The van der Waals surface area contributed by atoms with Crippen molar-refractivity contribution in [2.45, 2.75) is 13.5 Å². The number of carbonyl (C=O) groups excluding carboxylic acids is 1. The van der Waals surface area contributed by atoms with Crippen LogP contribution in [0, 0.1) is 11.3 Å². The normalized spacial score (nSPS) is 9.38. The van der Waals surface area contributed by atoms with E-state index in [0.717, 1.165) is 12.2 Å². The highest BCUT2D eigenvalue weighted by Gasteiger charge is 2.10. The highest BCUT2D eigenvalue weighted by molar-refractivity contribution is 5.76. The van der Waals surface area contributed by atoms with Crippen LogP contribution in [-0.4, -0.2) is 24.9 Å². The Hall–Kier alpha value is -3.11. The van der Waals surface area contributed by atoms with Crippen LogP contribution < -0.4 is 21.5 Å². The third-order valence-corrected chi connectivity index (χ3v) is 2.91. The van der Waals surface area contributed by atoms with E-state index in [1.54, 1.807) is 6.92 Å². The van der Waals surface area contributed by atoms with E-state index < -0.39 is 0 Å². The van der Waals surface area contributed by atoms with Gasteiger partial charge in [0.15, 0.2) is 6.29 Å². The first kappa shape index (κ1) is 18.9. The molecule has 126 valence electrons. The summed E-state index contributed by atoms with van der Waals surface area (Å²) in [5.41, 5.74) is 13.6. The standard InChI is InChI=1S/C9H9N3O2.C8H12N2/c1-2-14-9-7(4-10)8(11)3-6(5-13)12-9;1-10-6-7-2-4-8(9)5-3-7/h3,5H,2H2,1H3,(H2,11,12);2-5,10H,6,9H2,1H3. The Kier molecular flexibility index (Phi) is 7.75. The summed E-state index contributed by atoms with van der Waals surface area (Å²) in [5, 5.41) is 11.8. The zero-order valence-corrected chi connectivity index (χ0v) is 13.7. The Morgan fingerprint density at radius 1 is 1.33 bits per heavy atom. The van der Waals surface area contributed by atoms with Crippen molar-refractivity contribution < 1.29 is 9.53 Å². The van der Waals surface area contributed by atoms with Crippen LogP contribution >= 0.6 is 0 Å². The van der Waals surface area contributed by atoms with Gasteiger partial charge in [0.2, 0.25) is 5.88 Å². The SMILES string of the molecule is CCOc1nc(C=O)cc(N)c1C#N.CNCc1ccc(N)cc1. The number of aldehydes is 1. The van der Waals surface area contributed by atoms with Crippen LogP contribution in [0.1, 0.15) is 28.5 Å². The number of nitrogen functional groups attached to an aromatic ring is 2. The average Bonchev–Trinajstić information content (AvgIpc) is 2.58. The Morgan fingerprint density at radius 2 is 2.00 bits per heavy atom. The summed E-state index contributed by atoms with van der Waals surface area (Å²) in [6, 6.07) is 11.1. The summed E-state index contributed by atoms with van der Waals surface area (Å²) in [4.78, 5) is 14.3. The molecule has 5 N–H and O–H groups in total. The van der Waals surface area contributed by atoms with E-state index >= 15 is 0 Å². The summed E-state index contributed by atoms with van der Waals surface area (Å²) in [5.74, 6) is 0.108. The number of hydrogen-bond donors (Lipinski definition) is 3. The van der Waals surface area contributed by atoms with E-state index in [-0.39, 0.29) is 22.8 Å². The van der Waals surface area contributed by atoms with Crippen LogP contribution in [0.15, 0.2) is 30.3 Å². The van der Waals surface area contributed by atoms with E-state index in [1.165, 1.54) is 11.6 Å². The topological polar surface area (TPSA) is 127 Å². The molecule has 7 heteroatoms. The molecule has 0 aliphatic heterocycles. The molecule has 1 aromatic carbocycles. The maximum Gasteiger partial charge on any atom is 0.234 e. The lowest BCUT2D eigenvalue weighted by Gasteiger charge is -2.06. The second-order valence-electron chi connectivity index (χ2n) is 4.75. The molecule has 0 fully saturated rings. The minimum absolute atomic E-state index is 0.108. The molecule has 0 aliphatic carbocycles. The lowest BCUT2D eigenvalue weighted by Crippen LogP contribution is -2.04. The van der Waals surface area contributed by atoms with E-state index in [9.17, 15) is 4.79 Å². The number of anilines is 2. The van der Waals surface area contributed by atoms with Crippen LogP contribution in [0.2, 0.25) is 0 Å². The molecule has 7 nitrogen and oxygen atoms in total. The van der Waals surface area contributed by atoms with Crippen LogP contribution in [0.25, 0.3) is 0 Å². The molecule has 1 aromatic heterocycles. The van der Waals surface area contributed by atoms with Gasteiger partial charge in [-0.05, 0) is 37.7 Å². The van der Waals surface area contributed by atoms with Crippen LogP contribution in [0.4, 0.5) is 11.4 Å². The third-order valence-electron chi connectivity index (χ3n) is 2.91. The molecule has 0 amide bonds. The molecule has 0 aliphatic rings. The van der Waals surface area contributed by atoms with Gasteiger partial charge in [0, 0.05) is 12.2 Å². The number of nitrogens with one attached hydrogen (secondary N) is 1. The zero-order valence-electron chi connectivity index (χ0n) is 13.7. The van der Waals surface area contributed by atoms with Gasteiger partial charge in [0.25, 0.3) is 0 Å². The Balaban J connectivity index is 0.000000254. The van der Waals surface area contributed by atoms with Crippen molar-refractivity contribution in [3.05, 3.63) is 47.2 Å². The van der Waals surface area contributed by atoms with Gasteiger partial charge < -0.3 is 21.5 Å². The molecule has 0 atom stereocenters. The second-order valence-corrected chi connectivity index (χ2v) is 4.75. The minimum Gasteiger partial charge on any atom is -0.477 e. The van der Waals surface area contributed by atoms with Gasteiger partial charge >= 0.3 is 0 Å². The third kappa shape index (κ3) is 5.59. The molecule has 24 heavy (non-hydrogen) atoms. The van der Waals surface area contributed by atoms with Gasteiger partial charge in [-0.25, -0.2) is 4.98 Å². The first-order valence-corrected chi connectivity index (χ1v) is 7.33. The zero-order chi connectivity index (χ0) is 17.9. The molecular formula is C17H21N5O2. The quantitative estimate of drug-likeness (QED) is 0.563. The summed E-state index contributed by atoms with van der Waals surface area (Å²) >= 11 is 0. The number of ether oxygens (including phenoxy) is 1. The summed E-state index contributed by atoms with van der Waals surface area (Å²) in [7, 11) is 1.93. The van der Waals surface area contributed by atoms with E-state index in [2.05, 4.69) is 10.3 Å². The summed E-state index contributed by atoms with van der Waals surface area (Å²) in [6.45, 7) is 3.02. The average molecular weight is 327 g/mol. The Morgan fingerprint density at radius 3 is 2.50 bits per heavy atom. The van der Waals surface area contributed by atoms with Crippen molar-refractivity contribution >= 4 is 17.7 Å². The molecule has 0 radical (unpaired) electrons. The van der Waals surface area contributed by atoms with Gasteiger partial charge in [-0.3, -0.25) is 4.79 Å². The van der Waals surface area contributed by atoms with Gasteiger partial charge in [-0.15, -0.1) is 0 Å². The van der Waals surface area contributed by atoms with Gasteiger partial charge in [0.1, 0.15) is 17.3 Å². The summed E-state index contributed by atoms with van der Waals surface area (Å²) < 4.78 is 5.08. The fourth-order valence-corrected chi connectivity index (χ4v) is 1.81. The van der Waals surface area contributed by atoms with Crippen LogP contribution in [-0.2, 0) is 6.54 Å². The number of hydrogen-bond acceptors (Lipinski definition) is 7. The lowest BCUT2D eigenvalue weighted by molar-refractivity contribution is 0.111. The molecule has 0 spiro atoms. The first-order chi connectivity index (χ1) is 11.5. The summed E-state index contributed by atoms with van der Waals surface area (Å²) in [6.07, 6.45) is 0.556. The van der Waals surface area contributed by atoms with Gasteiger partial charge in [-0.1, -0.05) is 12.1 Å². The van der Waals surface area contributed by atoms with Gasteiger partial charge in [0.05, 0.1) is 12.3 Å². The fourth-order valence-electron chi connectivity index (χ4n) is 1.81. The molecule has 0 saturated heterocycles. The van der Waals surface area contributed by atoms with Gasteiger partial charge in [-0.2, -0.15) is 5.26 Å². The van der Waals surface area contributed by atoms with Crippen LogP contribution in [0.5, 0.6) is 5.88 Å². The largest absolute Gasteiger partial charge is 0.477 e. The van der Waals surface area contributed by atoms with Crippen molar-refractivity contribution in [2.24, 2.45) is 0 Å². The van der Waals surface area contributed by atoms with Crippen molar-refractivity contribution in [1.29, 1.82) is 5.26 Å². The number of benzene rings is 1. The number of nitrogens with two attached hydrogens (primary N) is 2. The smallest absolute Gasteiger partial charge is 0.234 e. The predicted molar refractivity (Wildman–Crippen MR) is 93.5 cm³/mol. The highest BCUT2D eigenvalue weighted by Crippen LogP contribution is 2.21. The molecular weight excluding hydrogens is 306 g/mol. The molecule has 1 heterocycles. The molecule has 0 unspecified atom stereocenters. The maximum atomic E-state index is 10.5. The maximum absolute atomic E-state index is 10.5. The molecule has 0 bridgehead atoms. The second kappa shape index (κ2) is 9.82. The number of pyridine rings is 1. The minimum atomic E-state index is 0.108. The number of nitriles is 1. The van der Waals surface area contributed by atoms with Crippen molar-refractivity contribution in [3.8, 4) is 11.9 Å². The Labute approximate surface area is 141 Å². The fraction of sp³-hybridized carbons (Fsp3) is 0.235.